The van der Waals surface area contributed by atoms with E-state index in [4.69, 9.17) is 14.2 Å². The molecule has 0 aliphatic rings. The van der Waals surface area contributed by atoms with E-state index in [9.17, 15) is 9.90 Å². The fraction of sp³-hybridized carbons (Fsp3) is 0.316. The van der Waals surface area contributed by atoms with E-state index in [1.54, 1.807) is 0 Å². The molecule has 0 unspecified atom stereocenters. The minimum Gasteiger partial charge on any atom is -0.507 e. The number of Topliss-reactive ketones (excluding diaryl/α,β-unsaturated/α-hetero) is 1. The van der Waals surface area contributed by atoms with Gasteiger partial charge in [0, 0.05) is 6.07 Å². The molecule has 0 amide bonds. The number of phenolic OH excluding ortho intramolecular Hbond substituents is 1. The Bertz CT molecular complexity index is 707. The molecule has 5 heteroatoms. The van der Waals surface area contributed by atoms with Gasteiger partial charge in [-0.15, -0.1) is 0 Å². The molecule has 2 aromatic carbocycles. The Hall–Kier alpha value is -2.69. The zero-order chi connectivity index (χ0) is 17.7. The van der Waals surface area contributed by atoms with Crippen LogP contribution in [0.4, 0.5) is 0 Å². The predicted octanol–water partition coefficient (Wildman–Crippen LogP) is 3.97. The first-order valence-corrected chi connectivity index (χ1v) is 7.72. The molecule has 0 atom stereocenters. The molecule has 24 heavy (non-hydrogen) atoms. The standard InChI is InChI=1S/C19H22O5/c1-12(2)24-19-17(13(3)20)15(21)10-16(18(19)22-4)23-11-14-8-6-5-7-9-14/h5-10,12,21H,11H2,1-4H3. The van der Waals surface area contributed by atoms with Gasteiger partial charge in [-0.3, -0.25) is 4.79 Å². The largest absolute Gasteiger partial charge is 0.507 e. The smallest absolute Gasteiger partial charge is 0.204 e. The van der Waals surface area contributed by atoms with Crippen molar-refractivity contribution in [1.29, 1.82) is 0 Å². The lowest BCUT2D eigenvalue weighted by atomic mass is 10.1. The Balaban J connectivity index is 2.43. The lowest BCUT2D eigenvalue weighted by Gasteiger charge is -2.20. The minimum atomic E-state index is -0.309. The van der Waals surface area contributed by atoms with Crippen molar-refractivity contribution in [3.05, 3.63) is 47.5 Å². The lowest BCUT2D eigenvalue weighted by molar-refractivity contribution is 0.100. The van der Waals surface area contributed by atoms with Crippen molar-refractivity contribution in [2.24, 2.45) is 0 Å². The Kier molecular flexibility index (Phi) is 5.68. The lowest BCUT2D eigenvalue weighted by Crippen LogP contribution is -2.11. The highest BCUT2D eigenvalue weighted by Gasteiger charge is 2.25. The molecule has 0 fully saturated rings. The molecule has 128 valence electrons. The molecule has 0 bridgehead atoms. The summed E-state index contributed by atoms with van der Waals surface area (Å²) in [5.74, 6) is 0.309. The summed E-state index contributed by atoms with van der Waals surface area (Å²) in [7, 11) is 1.47. The summed E-state index contributed by atoms with van der Waals surface area (Å²) in [5, 5.41) is 10.2. The average Bonchev–Trinajstić information content (AvgIpc) is 2.52. The van der Waals surface area contributed by atoms with Crippen LogP contribution >= 0.6 is 0 Å². The number of carbonyl (C=O) groups is 1. The summed E-state index contributed by atoms with van der Waals surface area (Å²) in [5.41, 5.74) is 1.06. The quantitative estimate of drug-likeness (QED) is 0.778. The third-order valence-electron chi connectivity index (χ3n) is 3.33. The van der Waals surface area contributed by atoms with Crippen molar-refractivity contribution in [1.82, 2.24) is 0 Å². The molecule has 0 heterocycles. The van der Waals surface area contributed by atoms with Gasteiger partial charge in [0.1, 0.15) is 17.9 Å². The zero-order valence-electron chi connectivity index (χ0n) is 14.3. The highest BCUT2D eigenvalue weighted by Crippen LogP contribution is 2.45. The van der Waals surface area contributed by atoms with E-state index in [0.717, 1.165) is 5.56 Å². The van der Waals surface area contributed by atoms with Gasteiger partial charge in [0.2, 0.25) is 5.75 Å². The Morgan fingerprint density at radius 3 is 2.38 bits per heavy atom. The molecule has 0 aliphatic heterocycles. The number of phenols is 1. The number of methoxy groups -OCH3 is 1. The summed E-state index contributed by atoms with van der Waals surface area (Å²) in [6, 6.07) is 11.0. The molecule has 0 radical (unpaired) electrons. The molecular weight excluding hydrogens is 308 g/mol. The van der Waals surface area contributed by atoms with Gasteiger partial charge in [0.25, 0.3) is 0 Å². The molecule has 0 saturated carbocycles. The predicted molar refractivity (Wildman–Crippen MR) is 91.2 cm³/mol. The summed E-state index contributed by atoms with van der Waals surface area (Å²) in [6.07, 6.45) is -0.194. The number of aromatic hydroxyl groups is 1. The summed E-state index contributed by atoms with van der Waals surface area (Å²) < 4.78 is 16.9. The van der Waals surface area contributed by atoms with Crippen LogP contribution in [0, 0.1) is 0 Å². The average molecular weight is 330 g/mol. The first kappa shape index (κ1) is 17.7. The second kappa shape index (κ2) is 7.73. The van der Waals surface area contributed by atoms with Crippen LogP contribution in [0.3, 0.4) is 0 Å². The highest BCUT2D eigenvalue weighted by molar-refractivity contribution is 6.01. The zero-order valence-corrected chi connectivity index (χ0v) is 14.3. The number of ketones is 1. The van der Waals surface area contributed by atoms with Crippen LogP contribution < -0.4 is 14.2 Å². The second-order valence-electron chi connectivity index (χ2n) is 5.63. The third kappa shape index (κ3) is 3.98. The van der Waals surface area contributed by atoms with Crippen LogP contribution in [0.25, 0.3) is 0 Å². The van der Waals surface area contributed by atoms with Crippen molar-refractivity contribution in [3.63, 3.8) is 0 Å². The molecule has 1 N–H and O–H groups in total. The number of benzene rings is 2. The number of hydrogen-bond acceptors (Lipinski definition) is 5. The number of carbonyl (C=O) groups excluding carboxylic acids is 1. The van der Waals surface area contributed by atoms with Gasteiger partial charge in [0.15, 0.2) is 17.3 Å². The fourth-order valence-electron chi connectivity index (χ4n) is 2.33. The molecule has 2 aromatic rings. The van der Waals surface area contributed by atoms with Crippen LogP contribution in [-0.4, -0.2) is 24.1 Å². The van der Waals surface area contributed by atoms with Crippen LogP contribution in [-0.2, 0) is 6.61 Å². The summed E-state index contributed by atoms with van der Waals surface area (Å²) in [4.78, 5) is 11.9. The SMILES string of the molecule is COc1c(OCc2ccccc2)cc(O)c(C(C)=O)c1OC(C)C. The summed E-state index contributed by atoms with van der Waals surface area (Å²) in [6.45, 7) is 5.33. The van der Waals surface area contributed by atoms with Gasteiger partial charge in [0.05, 0.1) is 13.2 Å². The van der Waals surface area contributed by atoms with E-state index in [2.05, 4.69) is 0 Å². The first-order valence-electron chi connectivity index (χ1n) is 7.72. The van der Waals surface area contributed by atoms with E-state index in [-0.39, 0.29) is 28.9 Å². The van der Waals surface area contributed by atoms with Crippen LogP contribution in [0.15, 0.2) is 36.4 Å². The van der Waals surface area contributed by atoms with Gasteiger partial charge in [-0.1, -0.05) is 30.3 Å². The Morgan fingerprint density at radius 2 is 1.83 bits per heavy atom. The van der Waals surface area contributed by atoms with E-state index in [1.165, 1.54) is 20.1 Å². The number of ether oxygens (including phenoxy) is 3. The summed E-state index contributed by atoms with van der Waals surface area (Å²) >= 11 is 0. The maximum absolute atomic E-state index is 11.9. The van der Waals surface area contributed by atoms with E-state index >= 15 is 0 Å². The van der Waals surface area contributed by atoms with Crippen LogP contribution in [0.5, 0.6) is 23.0 Å². The molecular formula is C19H22O5. The van der Waals surface area contributed by atoms with Gasteiger partial charge in [-0.25, -0.2) is 0 Å². The topological polar surface area (TPSA) is 65.0 Å². The van der Waals surface area contributed by atoms with Gasteiger partial charge >= 0.3 is 0 Å². The van der Waals surface area contributed by atoms with E-state index in [1.807, 2.05) is 44.2 Å². The van der Waals surface area contributed by atoms with Crippen molar-refractivity contribution >= 4 is 5.78 Å². The second-order valence-corrected chi connectivity index (χ2v) is 5.63. The molecule has 2 rings (SSSR count). The Morgan fingerprint density at radius 1 is 1.17 bits per heavy atom. The molecule has 0 spiro atoms. The van der Waals surface area contributed by atoms with Gasteiger partial charge in [-0.05, 0) is 26.3 Å². The fourth-order valence-corrected chi connectivity index (χ4v) is 2.33. The van der Waals surface area contributed by atoms with E-state index < -0.39 is 0 Å². The minimum absolute atomic E-state index is 0.0904. The maximum atomic E-state index is 11.9. The number of hydrogen-bond donors (Lipinski definition) is 1. The number of rotatable bonds is 7. The first-order chi connectivity index (χ1) is 11.4. The van der Waals surface area contributed by atoms with Gasteiger partial charge in [-0.2, -0.15) is 0 Å². The highest BCUT2D eigenvalue weighted by atomic mass is 16.5. The van der Waals surface area contributed by atoms with Crippen molar-refractivity contribution in [2.45, 2.75) is 33.5 Å². The molecule has 0 saturated heterocycles. The van der Waals surface area contributed by atoms with Crippen molar-refractivity contribution in [2.75, 3.05) is 7.11 Å². The molecule has 0 aromatic heterocycles. The van der Waals surface area contributed by atoms with E-state index in [0.29, 0.717) is 18.1 Å². The molecule has 0 aliphatic carbocycles. The van der Waals surface area contributed by atoms with Crippen LogP contribution in [0.2, 0.25) is 0 Å². The van der Waals surface area contributed by atoms with Crippen LogP contribution in [0.1, 0.15) is 36.7 Å². The van der Waals surface area contributed by atoms with Gasteiger partial charge < -0.3 is 19.3 Å². The van der Waals surface area contributed by atoms with Crippen molar-refractivity contribution in [3.8, 4) is 23.0 Å². The Labute approximate surface area is 141 Å². The maximum Gasteiger partial charge on any atom is 0.204 e. The normalized spacial score (nSPS) is 10.5. The van der Waals surface area contributed by atoms with Crippen molar-refractivity contribution < 1.29 is 24.1 Å². The third-order valence-corrected chi connectivity index (χ3v) is 3.33. The monoisotopic (exact) mass is 330 g/mol. The molecule has 5 nitrogen and oxygen atoms in total.